The zero-order chi connectivity index (χ0) is 15.3. The fourth-order valence-corrected chi connectivity index (χ4v) is 2.31. The van der Waals surface area contributed by atoms with Crippen LogP contribution in [0.1, 0.15) is 19.4 Å². The quantitative estimate of drug-likeness (QED) is 0.833. The van der Waals surface area contributed by atoms with Crippen LogP contribution in [0.15, 0.2) is 30.3 Å². The highest BCUT2D eigenvalue weighted by atomic mass is 35.5. The van der Waals surface area contributed by atoms with Gasteiger partial charge in [-0.2, -0.15) is 0 Å². The van der Waals surface area contributed by atoms with E-state index in [9.17, 15) is 4.79 Å². The molecule has 1 unspecified atom stereocenters. The summed E-state index contributed by atoms with van der Waals surface area (Å²) in [6.07, 6.45) is -0.423. The molecule has 23 heavy (non-hydrogen) atoms. The van der Waals surface area contributed by atoms with Gasteiger partial charge in [0.05, 0.1) is 6.61 Å². The number of benzene rings is 1. The average Bonchev–Trinajstić information content (AvgIpc) is 2.48. The summed E-state index contributed by atoms with van der Waals surface area (Å²) >= 11 is 0. The fourth-order valence-electron chi connectivity index (χ4n) is 2.31. The fraction of sp³-hybridized carbons (Fsp3) is 0.562. The molecule has 1 heterocycles. The van der Waals surface area contributed by atoms with Gasteiger partial charge in [0.15, 0.2) is 0 Å². The number of halogens is 2. The Hall–Kier alpha value is -0.850. The smallest absolute Gasteiger partial charge is 0.250 e. The summed E-state index contributed by atoms with van der Waals surface area (Å²) in [7, 11) is 0. The molecule has 0 saturated carbocycles. The van der Waals surface area contributed by atoms with Crippen LogP contribution >= 0.6 is 24.8 Å². The summed E-state index contributed by atoms with van der Waals surface area (Å²) in [6.45, 7) is 7.10. The van der Waals surface area contributed by atoms with E-state index < -0.39 is 11.6 Å². The van der Waals surface area contributed by atoms with E-state index in [1.54, 1.807) is 0 Å². The molecule has 1 fully saturated rings. The minimum absolute atomic E-state index is 0. The van der Waals surface area contributed by atoms with E-state index >= 15 is 0 Å². The number of rotatable bonds is 5. The molecule has 0 aromatic heterocycles. The van der Waals surface area contributed by atoms with Crippen LogP contribution in [0.5, 0.6) is 0 Å². The average molecular weight is 364 g/mol. The lowest BCUT2D eigenvalue weighted by Gasteiger charge is -2.34. The Balaban J connectivity index is 0.00000242. The predicted octanol–water partition coefficient (Wildman–Crippen LogP) is 1.58. The van der Waals surface area contributed by atoms with Gasteiger partial charge in [0.2, 0.25) is 0 Å². The van der Waals surface area contributed by atoms with Crippen molar-refractivity contribution in [2.75, 3.05) is 26.2 Å². The second-order valence-corrected chi connectivity index (χ2v) is 6.16. The number of carbonyl (C=O) groups excluding carboxylic acids is 1. The first-order chi connectivity index (χ1) is 10.00. The number of ether oxygens (including phenoxy) is 1. The molecule has 1 aliphatic rings. The van der Waals surface area contributed by atoms with Crippen molar-refractivity contribution in [3.05, 3.63) is 35.9 Å². The second kappa shape index (κ2) is 10.1. The van der Waals surface area contributed by atoms with Gasteiger partial charge in [-0.3, -0.25) is 9.69 Å². The van der Waals surface area contributed by atoms with Crippen molar-refractivity contribution in [3.8, 4) is 0 Å². The first-order valence-corrected chi connectivity index (χ1v) is 7.40. The van der Waals surface area contributed by atoms with Crippen LogP contribution in [0.3, 0.4) is 0 Å². The van der Waals surface area contributed by atoms with Crippen molar-refractivity contribution < 1.29 is 9.53 Å². The lowest BCUT2D eigenvalue weighted by molar-refractivity contribution is -0.140. The second-order valence-electron chi connectivity index (χ2n) is 6.16. The first-order valence-electron chi connectivity index (χ1n) is 7.40. The molecule has 1 atom stereocenters. The Labute approximate surface area is 150 Å². The van der Waals surface area contributed by atoms with E-state index in [0.29, 0.717) is 19.7 Å². The van der Waals surface area contributed by atoms with Crippen LogP contribution in [-0.4, -0.2) is 48.7 Å². The molecule has 132 valence electrons. The molecule has 0 bridgehead atoms. The van der Waals surface area contributed by atoms with Crippen molar-refractivity contribution in [2.45, 2.75) is 32.0 Å². The number of nitrogens with two attached hydrogens (primary N) is 1. The maximum absolute atomic E-state index is 12.3. The van der Waals surface area contributed by atoms with E-state index in [0.717, 1.165) is 13.1 Å². The summed E-state index contributed by atoms with van der Waals surface area (Å²) in [6, 6.07) is 10.3. The molecule has 0 spiro atoms. The highest BCUT2D eigenvalue weighted by Crippen LogP contribution is 2.11. The molecule has 1 saturated heterocycles. The largest absolute Gasteiger partial charge is 0.366 e. The maximum Gasteiger partial charge on any atom is 0.250 e. The zero-order valence-corrected chi connectivity index (χ0v) is 15.3. The third kappa shape index (κ3) is 7.06. The van der Waals surface area contributed by atoms with Crippen molar-refractivity contribution >= 4 is 30.7 Å². The van der Waals surface area contributed by atoms with Crippen LogP contribution in [0.4, 0.5) is 0 Å². The molecular weight excluding hydrogens is 337 g/mol. The van der Waals surface area contributed by atoms with E-state index in [2.05, 4.69) is 22.3 Å². The summed E-state index contributed by atoms with van der Waals surface area (Å²) < 4.78 is 5.60. The SMILES string of the molecule is CC(C)(CN)NC(=O)C1CN(Cc2ccccc2)CCO1.Cl.Cl. The molecule has 1 aliphatic heterocycles. The molecule has 1 amide bonds. The van der Waals surface area contributed by atoms with Gasteiger partial charge < -0.3 is 15.8 Å². The molecule has 1 aromatic rings. The van der Waals surface area contributed by atoms with Gasteiger partial charge in [-0.25, -0.2) is 0 Å². The molecule has 0 radical (unpaired) electrons. The normalized spacial score (nSPS) is 18.5. The van der Waals surface area contributed by atoms with E-state index in [4.69, 9.17) is 10.5 Å². The van der Waals surface area contributed by atoms with E-state index in [1.807, 2.05) is 32.0 Å². The predicted molar refractivity (Wildman–Crippen MR) is 97.2 cm³/mol. The Bertz CT molecular complexity index is 472. The van der Waals surface area contributed by atoms with Crippen molar-refractivity contribution in [3.63, 3.8) is 0 Å². The number of hydrogen-bond donors (Lipinski definition) is 2. The number of amides is 1. The molecule has 0 aliphatic carbocycles. The van der Waals surface area contributed by atoms with Gasteiger partial charge in [-0.15, -0.1) is 24.8 Å². The highest BCUT2D eigenvalue weighted by molar-refractivity contribution is 5.85. The topological polar surface area (TPSA) is 67.6 Å². The molecule has 2 rings (SSSR count). The Morgan fingerprint density at radius 1 is 1.35 bits per heavy atom. The summed E-state index contributed by atoms with van der Waals surface area (Å²) in [5, 5.41) is 2.94. The van der Waals surface area contributed by atoms with Crippen LogP contribution in [0, 0.1) is 0 Å². The van der Waals surface area contributed by atoms with Gasteiger partial charge in [-0.05, 0) is 19.4 Å². The van der Waals surface area contributed by atoms with Crippen molar-refractivity contribution in [1.29, 1.82) is 0 Å². The van der Waals surface area contributed by atoms with Gasteiger partial charge in [0.1, 0.15) is 6.10 Å². The Kier molecular flexibility index (Phi) is 9.73. The minimum Gasteiger partial charge on any atom is -0.366 e. The Morgan fingerprint density at radius 2 is 2.00 bits per heavy atom. The summed E-state index contributed by atoms with van der Waals surface area (Å²) in [5.41, 5.74) is 6.50. The van der Waals surface area contributed by atoms with Gasteiger partial charge in [0.25, 0.3) is 5.91 Å². The summed E-state index contributed by atoms with van der Waals surface area (Å²) in [5.74, 6) is -0.0804. The van der Waals surface area contributed by atoms with Crippen LogP contribution in [0.2, 0.25) is 0 Å². The zero-order valence-electron chi connectivity index (χ0n) is 13.7. The van der Waals surface area contributed by atoms with Gasteiger partial charge >= 0.3 is 0 Å². The van der Waals surface area contributed by atoms with E-state index in [-0.39, 0.29) is 30.7 Å². The molecular formula is C16H27Cl2N3O2. The highest BCUT2D eigenvalue weighted by Gasteiger charge is 2.29. The Morgan fingerprint density at radius 3 is 2.61 bits per heavy atom. The van der Waals surface area contributed by atoms with Crippen LogP contribution in [0.25, 0.3) is 0 Å². The van der Waals surface area contributed by atoms with E-state index in [1.165, 1.54) is 5.56 Å². The third-order valence-electron chi connectivity index (χ3n) is 3.66. The number of carbonyl (C=O) groups is 1. The van der Waals surface area contributed by atoms with Crippen molar-refractivity contribution in [2.24, 2.45) is 5.73 Å². The monoisotopic (exact) mass is 363 g/mol. The molecule has 3 N–H and O–H groups in total. The van der Waals surface area contributed by atoms with Crippen LogP contribution in [-0.2, 0) is 16.1 Å². The first kappa shape index (κ1) is 22.1. The van der Waals surface area contributed by atoms with Gasteiger partial charge in [-0.1, -0.05) is 30.3 Å². The maximum atomic E-state index is 12.3. The third-order valence-corrected chi connectivity index (χ3v) is 3.66. The summed E-state index contributed by atoms with van der Waals surface area (Å²) in [4.78, 5) is 14.5. The molecule has 5 nitrogen and oxygen atoms in total. The van der Waals surface area contributed by atoms with Crippen molar-refractivity contribution in [1.82, 2.24) is 10.2 Å². The standard InChI is InChI=1S/C16H25N3O2.2ClH/c1-16(2,12-17)18-15(20)14-11-19(8-9-21-14)10-13-6-4-3-5-7-13;;/h3-7,14H,8-12,17H2,1-2H3,(H,18,20);2*1H. The molecule has 1 aromatic carbocycles. The molecule has 7 heteroatoms. The van der Waals surface area contributed by atoms with Gasteiger partial charge in [0, 0.05) is 31.7 Å². The lowest BCUT2D eigenvalue weighted by Crippen LogP contribution is -2.56. The number of nitrogens with zero attached hydrogens (tertiary/aromatic N) is 1. The lowest BCUT2D eigenvalue weighted by atomic mass is 10.1. The number of nitrogens with one attached hydrogen (secondary N) is 1. The minimum atomic E-state index is -0.423. The van der Waals surface area contributed by atoms with Crippen LogP contribution < -0.4 is 11.1 Å². The number of hydrogen-bond acceptors (Lipinski definition) is 4. The number of morpholine rings is 1.